The van der Waals surface area contributed by atoms with Crippen molar-refractivity contribution in [3.05, 3.63) is 41.6 Å². The minimum atomic E-state index is 0. The monoisotopic (exact) mass is 475 g/mol. The molecule has 1 aliphatic rings. The molecule has 2 aromatic heterocycles. The molecule has 2 aromatic rings. The minimum Gasteiger partial charge on any atom is -0.353 e. The molecule has 1 saturated heterocycles. The Hall–Kier alpha value is -1.55. The maximum Gasteiger partial charge on any atom is 0.191 e. The van der Waals surface area contributed by atoms with Gasteiger partial charge in [0.05, 0.1) is 11.6 Å². The van der Waals surface area contributed by atoms with Gasteiger partial charge in [0.1, 0.15) is 11.6 Å². The largest absolute Gasteiger partial charge is 0.353 e. The van der Waals surface area contributed by atoms with Crippen molar-refractivity contribution in [3.8, 4) is 0 Å². The zero-order valence-electron chi connectivity index (χ0n) is 14.3. The van der Waals surface area contributed by atoms with Gasteiger partial charge in [0.15, 0.2) is 5.96 Å². The molecule has 25 heavy (non-hydrogen) atoms. The number of rotatable bonds is 4. The van der Waals surface area contributed by atoms with Crippen LogP contribution < -0.4 is 15.5 Å². The Morgan fingerprint density at radius 3 is 2.92 bits per heavy atom. The summed E-state index contributed by atoms with van der Waals surface area (Å²) in [5.41, 5.74) is 0. The summed E-state index contributed by atoms with van der Waals surface area (Å²) < 4.78 is 1.99. The number of halogens is 2. The topological polar surface area (TPSA) is 70.4 Å². The highest BCUT2D eigenvalue weighted by atomic mass is 127. The summed E-state index contributed by atoms with van der Waals surface area (Å²) in [6.07, 6.45) is 6.50. The lowest BCUT2D eigenvalue weighted by atomic mass is 10.3. The van der Waals surface area contributed by atoms with Crippen molar-refractivity contribution in [2.24, 2.45) is 12.0 Å². The van der Waals surface area contributed by atoms with Crippen molar-refractivity contribution in [2.45, 2.75) is 19.0 Å². The van der Waals surface area contributed by atoms with Crippen molar-refractivity contribution < 1.29 is 0 Å². The predicted molar refractivity (Wildman–Crippen MR) is 112 cm³/mol. The van der Waals surface area contributed by atoms with Gasteiger partial charge in [-0.25, -0.2) is 9.97 Å². The van der Waals surface area contributed by atoms with Crippen molar-refractivity contribution >= 4 is 47.4 Å². The summed E-state index contributed by atoms with van der Waals surface area (Å²) in [4.78, 5) is 15.2. The van der Waals surface area contributed by atoms with Gasteiger partial charge in [-0.05, 0) is 18.6 Å². The van der Waals surface area contributed by atoms with Gasteiger partial charge in [0.2, 0.25) is 0 Å². The van der Waals surface area contributed by atoms with Crippen LogP contribution in [0.15, 0.2) is 35.7 Å². The van der Waals surface area contributed by atoms with Gasteiger partial charge in [-0.15, -0.1) is 24.0 Å². The van der Waals surface area contributed by atoms with Crippen LogP contribution >= 0.6 is 35.6 Å². The molecule has 1 aliphatic heterocycles. The smallest absolute Gasteiger partial charge is 0.191 e. The number of imidazole rings is 1. The Bertz CT molecular complexity index is 718. The van der Waals surface area contributed by atoms with E-state index in [9.17, 15) is 0 Å². The van der Waals surface area contributed by atoms with Crippen LogP contribution in [0.25, 0.3) is 0 Å². The van der Waals surface area contributed by atoms with Crippen LogP contribution in [0.3, 0.4) is 0 Å². The van der Waals surface area contributed by atoms with E-state index in [1.54, 1.807) is 19.4 Å². The molecule has 0 bridgehead atoms. The molecule has 0 spiro atoms. The molecular formula is C16H23ClIN7. The van der Waals surface area contributed by atoms with E-state index in [1.165, 1.54) is 0 Å². The molecule has 136 valence electrons. The normalized spacial score (nSPS) is 17.3. The molecule has 0 saturated carbocycles. The third kappa shape index (κ3) is 4.97. The molecule has 2 N–H and O–H groups in total. The highest BCUT2D eigenvalue weighted by Gasteiger charge is 2.25. The number of aromatic nitrogens is 3. The molecule has 1 fully saturated rings. The van der Waals surface area contributed by atoms with Crippen LogP contribution in [0.4, 0.5) is 5.82 Å². The molecule has 0 aliphatic carbocycles. The summed E-state index contributed by atoms with van der Waals surface area (Å²) in [5.74, 6) is 2.59. The van der Waals surface area contributed by atoms with Crippen LogP contribution in [0.1, 0.15) is 12.2 Å². The zero-order valence-corrected chi connectivity index (χ0v) is 17.4. The maximum atomic E-state index is 6.24. The maximum absolute atomic E-state index is 6.24. The van der Waals surface area contributed by atoms with Gasteiger partial charge in [0, 0.05) is 51.8 Å². The van der Waals surface area contributed by atoms with Crippen LogP contribution in [0, 0.1) is 0 Å². The minimum absolute atomic E-state index is 0. The molecule has 1 unspecified atom stereocenters. The van der Waals surface area contributed by atoms with E-state index in [2.05, 4.69) is 30.5 Å². The van der Waals surface area contributed by atoms with E-state index in [0.29, 0.717) is 17.6 Å². The number of guanidine groups is 1. The lowest BCUT2D eigenvalue weighted by Crippen LogP contribution is -2.44. The molecule has 7 nitrogen and oxygen atoms in total. The number of hydrogen-bond donors (Lipinski definition) is 2. The Kier molecular flexibility index (Phi) is 7.30. The average molecular weight is 476 g/mol. The first-order chi connectivity index (χ1) is 11.7. The third-order valence-electron chi connectivity index (χ3n) is 4.13. The van der Waals surface area contributed by atoms with Gasteiger partial charge >= 0.3 is 0 Å². The summed E-state index contributed by atoms with van der Waals surface area (Å²) in [7, 11) is 3.75. The molecule has 3 rings (SSSR count). The van der Waals surface area contributed by atoms with Crippen molar-refractivity contribution in [3.63, 3.8) is 0 Å². The number of aliphatic imine (C=N–C) groups is 1. The number of anilines is 1. The second-order valence-corrected chi connectivity index (χ2v) is 6.17. The predicted octanol–water partition coefficient (Wildman–Crippen LogP) is 2.03. The molecule has 0 radical (unpaired) electrons. The van der Waals surface area contributed by atoms with Crippen molar-refractivity contribution in [2.75, 3.05) is 25.0 Å². The quantitative estimate of drug-likeness (QED) is 0.402. The fourth-order valence-electron chi connectivity index (χ4n) is 2.80. The van der Waals surface area contributed by atoms with Crippen LogP contribution in [0.2, 0.25) is 5.02 Å². The van der Waals surface area contributed by atoms with Crippen molar-refractivity contribution in [1.82, 2.24) is 25.2 Å². The first kappa shape index (κ1) is 19.8. The van der Waals surface area contributed by atoms with Gasteiger partial charge in [-0.2, -0.15) is 0 Å². The Morgan fingerprint density at radius 2 is 2.24 bits per heavy atom. The fourth-order valence-corrected chi connectivity index (χ4v) is 3.04. The van der Waals surface area contributed by atoms with E-state index in [1.807, 2.05) is 29.9 Å². The summed E-state index contributed by atoms with van der Waals surface area (Å²) >= 11 is 6.24. The van der Waals surface area contributed by atoms with E-state index in [4.69, 9.17) is 11.6 Å². The SMILES string of the molecule is CN=C(NCc1nccn1C)NC1CCN(c2ncccc2Cl)C1.I. The third-order valence-corrected chi connectivity index (χ3v) is 4.42. The molecule has 0 aromatic carbocycles. The second kappa shape index (κ2) is 9.23. The standard InChI is InChI=1S/C16H22ClN7.HI/c1-18-16(21-10-14-19-7-9-23(14)2)22-12-5-8-24(11-12)15-13(17)4-3-6-20-15;/h3-4,6-7,9,12H,5,8,10-11H2,1-2H3,(H2,18,21,22);1H. The van der Waals surface area contributed by atoms with E-state index < -0.39 is 0 Å². The molecule has 3 heterocycles. The highest BCUT2D eigenvalue weighted by Crippen LogP contribution is 2.25. The van der Waals surface area contributed by atoms with Crippen LogP contribution in [-0.4, -0.2) is 46.7 Å². The van der Waals surface area contributed by atoms with Gasteiger partial charge in [0.25, 0.3) is 0 Å². The van der Waals surface area contributed by atoms with Gasteiger partial charge in [-0.3, -0.25) is 4.99 Å². The first-order valence-electron chi connectivity index (χ1n) is 7.96. The number of nitrogens with zero attached hydrogens (tertiary/aromatic N) is 5. The Balaban J connectivity index is 0.00000225. The Morgan fingerprint density at radius 1 is 1.40 bits per heavy atom. The second-order valence-electron chi connectivity index (χ2n) is 5.76. The average Bonchev–Trinajstić information content (AvgIpc) is 3.21. The highest BCUT2D eigenvalue weighted by molar-refractivity contribution is 14.0. The van der Waals surface area contributed by atoms with Crippen molar-refractivity contribution in [1.29, 1.82) is 0 Å². The summed E-state index contributed by atoms with van der Waals surface area (Å²) in [5, 5.41) is 7.45. The molecule has 9 heteroatoms. The first-order valence-corrected chi connectivity index (χ1v) is 8.34. The number of hydrogen-bond acceptors (Lipinski definition) is 4. The summed E-state index contributed by atoms with van der Waals surface area (Å²) in [6, 6.07) is 4.02. The lowest BCUT2D eigenvalue weighted by Gasteiger charge is -2.20. The summed E-state index contributed by atoms with van der Waals surface area (Å²) in [6.45, 7) is 2.40. The number of pyridine rings is 1. The lowest BCUT2D eigenvalue weighted by molar-refractivity contribution is 0.640. The molecule has 1 atom stereocenters. The number of aryl methyl sites for hydroxylation is 1. The van der Waals surface area contributed by atoms with E-state index in [-0.39, 0.29) is 24.0 Å². The Labute approximate surface area is 169 Å². The zero-order chi connectivity index (χ0) is 16.9. The fraction of sp³-hybridized carbons (Fsp3) is 0.438. The van der Waals surface area contributed by atoms with Gasteiger partial charge in [-0.1, -0.05) is 11.6 Å². The van der Waals surface area contributed by atoms with Crippen LogP contribution in [-0.2, 0) is 13.6 Å². The molecular weight excluding hydrogens is 453 g/mol. The van der Waals surface area contributed by atoms with Gasteiger partial charge < -0.3 is 20.1 Å². The number of nitrogens with one attached hydrogen (secondary N) is 2. The van der Waals surface area contributed by atoms with E-state index in [0.717, 1.165) is 37.1 Å². The van der Waals surface area contributed by atoms with Crippen LogP contribution in [0.5, 0.6) is 0 Å². The molecule has 0 amide bonds. The van der Waals surface area contributed by atoms with E-state index >= 15 is 0 Å².